The predicted molar refractivity (Wildman–Crippen MR) is 62.4 cm³/mol. The monoisotopic (exact) mass is 222 g/mol. The van der Waals surface area contributed by atoms with Gasteiger partial charge in [0.2, 0.25) is 0 Å². The van der Waals surface area contributed by atoms with Gasteiger partial charge >= 0.3 is 0 Å². The van der Waals surface area contributed by atoms with Crippen LogP contribution < -0.4 is 5.32 Å². The molecule has 0 aromatic heterocycles. The highest BCUT2D eigenvalue weighted by Gasteiger charge is 2.44. The van der Waals surface area contributed by atoms with Crippen LogP contribution in [0, 0.1) is 0 Å². The van der Waals surface area contributed by atoms with Crippen molar-refractivity contribution in [1.29, 1.82) is 0 Å². The molecule has 4 fully saturated rings. The number of hydrogen-bond acceptors (Lipinski definition) is 3. The van der Waals surface area contributed by atoms with Gasteiger partial charge < -0.3 is 10.1 Å². The van der Waals surface area contributed by atoms with Crippen LogP contribution in [0.1, 0.15) is 38.5 Å². The lowest BCUT2D eigenvalue weighted by molar-refractivity contribution is 0.0953. The molecule has 3 heteroatoms. The summed E-state index contributed by atoms with van der Waals surface area (Å²) >= 11 is 0. The van der Waals surface area contributed by atoms with Gasteiger partial charge in [-0.3, -0.25) is 4.90 Å². The van der Waals surface area contributed by atoms with Crippen molar-refractivity contribution in [1.82, 2.24) is 10.2 Å². The highest BCUT2D eigenvalue weighted by atomic mass is 16.5. The molecule has 0 aromatic carbocycles. The quantitative estimate of drug-likeness (QED) is 0.758. The van der Waals surface area contributed by atoms with E-state index in [2.05, 4.69) is 10.2 Å². The van der Waals surface area contributed by atoms with Crippen molar-refractivity contribution in [2.75, 3.05) is 13.1 Å². The smallest absolute Gasteiger partial charge is 0.0733 e. The molecule has 4 saturated heterocycles. The minimum atomic E-state index is 0.542. The highest BCUT2D eigenvalue weighted by molar-refractivity contribution is 5.01. The summed E-state index contributed by atoms with van der Waals surface area (Å²) < 4.78 is 5.93. The number of hydrogen-bond donors (Lipinski definition) is 1. The minimum absolute atomic E-state index is 0.542. The van der Waals surface area contributed by atoms with Gasteiger partial charge in [-0.25, -0.2) is 0 Å². The molecule has 16 heavy (non-hydrogen) atoms. The molecule has 3 nitrogen and oxygen atoms in total. The van der Waals surface area contributed by atoms with Crippen molar-refractivity contribution in [3.8, 4) is 0 Å². The molecule has 4 rings (SSSR count). The Hall–Kier alpha value is -0.120. The molecule has 5 unspecified atom stereocenters. The second kappa shape index (κ2) is 3.69. The van der Waals surface area contributed by atoms with Crippen molar-refractivity contribution in [3.05, 3.63) is 0 Å². The molecular formula is C13H22N2O. The Kier molecular flexibility index (Phi) is 2.27. The van der Waals surface area contributed by atoms with Crippen molar-refractivity contribution in [3.63, 3.8) is 0 Å². The lowest BCUT2D eigenvalue weighted by Crippen LogP contribution is -2.48. The third-order valence-corrected chi connectivity index (χ3v) is 5.14. The normalized spacial score (nSPS) is 51.4. The standard InChI is InChI=1S/C13H22N2O/c1-2-12-10(5-7-15(12)6-1)14-11-8-9-3-4-13(11)16-9/h9-14H,1-8H2. The first-order valence-corrected chi connectivity index (χ1v) is 7.06. The second-order valence-corrected chi connectivity index (χ2v) is 6.02. The van der Waals surface area contributed by atoms with Crippen molar-refractivity contribution in [2.24, 2.45) is 0 Å². The van der Waals surface area contributed by atoms with E-state index in [-0.39, 0.29) is 0 Å². The second-order valence-electron chi connectivity index (χ2n) is 6.02. The van der Waals surface area contributed by atoms with Gasteiger partial charge in [0.1, 0.15) is 0 Å². The molecule has 4 aliphatic heterocycles. The number of fused-ring (bicyclic) bond motifs is 3. The van der Waals surface area contributed by atoms with Crippen LogP contribution in [0.2, 0.25) is 0 Å². The Morgan fingerprint density at radius 1 is 1.00 bits per heavy atom. The average molecular weight is 222 g/mol. The summed E-state index contributed by atoms with van der Waals surface area (Å²) in [5.74, 6) is 0. The first-order valence-electron chi connectivity index (χ1n) is 7.06. The summed E-state index contributed by atoms with van der Waals surface area (Å²) in [7, 11) is 0. The van der Waals surface area contributed by atoms with Crippen LogP contribution >= 0.6 is 0 Å². The lowest BCUT2D eigenvalue weighted by Gasteiger charge is -2.28. The lowest BCUT2D eigenvalue weighted by atomic mass is 9.94. The van der Waals surface area contributed by atoms with Crippen molar-refractivity contribution >= 4 is 0 Å². The highest BCUT2D eigenvalue weighted by Crippen LogP contribution is 2.36. The molecule has 4 aliphatic rings. The number of nitrogens with one attached hydrogen (secondary N) is 1. The fraction of sp³-hybridized carbons (Fsp3) is 1.00. The molecule has 0 saturated carbocycles. The Morgan fingerprint density at radius 2 is 2.00 bits per heavy atom. The summed E-state index contributed by atoms with van der Waals surface area (Å²) in [6.07, 6.45) is 9.19. The molecule has 2 bridgehead atoms. The van der Waals surface area contributed by atoms with E-state index in [1.807, 2.05) is 0 Å². The molecule has 1 N–H and O–H groups in total. The molecule has 0 amide bonds. The number of nitrogens with zero attached hydrogens (tertiary/aromatic N) is 1. The third-order valence-electron chi connectivity index (χ3n) is 5.14. The molecule has 5 atom stereocenters. The number of ether oxygens (including phenoxy) is 1. The van der Waals surface area contributed by atoms with E-state index in [0.717, 1.165) is 12.1 Å². The van der Waals surface area contributed by atoms with Crippen LogP contribution in [0.4, 0.5) is 0 Å². The van der Waals surface area contributed by atoms with E-state index in [0.29, 0.717) is 18.2 Å². The van der Waals surface area contributed by atoms with Crippen LogP contribution in [0.25, 0.3) is 0 Å². The Morgan fingerprint density at radius 3 is 2.81 bits per heavy atom. The summed E-state index contributed by atoms with van der Waals surface area (Å²) in [5, 5.41) is 3.91. The van der Waals surface area contributed by atoms with E-state index in [9.17, 15) is 0 Å². The van der Waals surface area contributed by atoms with Crippen LogP contribution in [0.5, 0.6) is 0 Å². The molecule has 0 radical (unpaired) electrons. The van der Waals surface area contributed by atoms with Gasteiger partial charge in [-0.2, -0.15) is 0 Å². The Balaban J connectivity index is 1.40. The molecular weight excluding hydrogens is 200 g/mol. The first kappa shape index (κ1) is 9.86. The fourth-order valence-electron chi connectivity index (χ4n) is 4.37. The molecule has 90 valence electrons. The summed E-state index contributed by atoms with van der Waals surface area (Å²) in [6, 6.07) is 2.28. The number of rotatable bonds is 2. The summed E-state index contributed by atoms with van der Waals surface area (Å²) in [6.45, 7) is 2.67. The maximum absolute atomic E-state index is 5.93. The van der Waals surface area contributed by atoms with E-state index >= 15 is 0 Å². The first-order chi connectivity index (χ1) is 7.90. The Bertz CT molecular complexity index is 283. The topological polar surface area (TPSA) is 24.5 Å². The molecule has 0 spiro atoms. The maximum Gasteiger partial charge on any atom is 0.0733 e. The largest absolute Gasteiger partial charge is 0.373 e. The van der Waals surface area contributed by atoms with Crippen LogP contribution in [-0.4, -0.2) is 48.3 Å². The minimum Gasteiger partial charge on any atom is -0.373 e. The average Bonchev–Trinajstić information content (AvgIpc) is 2.98. The fourth-order valence-corrected chi connectivity index (χ4v) is 4.37. The zero-order valence-electron chi connectivity index (χ0n) is 9.90. The van der Waals surface area contributed by atoms with Crippen LogP contribution in [0.15, 0.2) is 0 Å². The molecule has 0 aliphatic carbocycles. The van der Waals surface area contributed by atoms with E-state index < -0.39 is 0 Å². The van der Waals surface area contributed by atoms with Gasteiger partial charge in [0, 0.05) is 24.7 Å². The SMILES string of the molecule is C1CC2C(NC3CC4CCC3O4)CCN2C1. The van der Waals surface area contributed by atoms with Gasteiger partial charge in [0.05, 0.1) is 12.2 Å². The van der Waals surface area contributed by atoms with E-state index in [1.165, 1.54) is 51.6 Å². The van der Waals surface area contributed by atoms with Gasteiger partial charge in [-0.1, -0.05) is 0 Å². The Labute approximate surface area is 97.5 Å². The molecule has 0 aromatic rings. The zero-order valence-corrected chi connectivity index (χ0v) is 9.90. The summed E-state index contributed by atoms with van der Waals surface area (Å²) in [5.41, 5.74) is 0. The van der Waals surface area contributed by atoms with Crippen molar-refractivity contribution in [2.45, 2.75) is 68.9 Å². The van der Waals surface area contributed by atoms with Gasteiger partial charge in [0.25, 0.3) is 0 Å². The molecule has 4 heterocycles. The maximum atomic E-state index is 5.93. The predicted octanol–water partition coefficient (Wildman–Crippen LogP) is 1.13. The van der Waals surface area contributed by atoms with Gasteiger partial charge in [0.15, 0.2) is 0 Å². The van der Waals surface area contributed by atoms with Gasteiger partial charge in [-0.15, -0.1) is 0 Å². The van der Waals surface area contributed by atoms with Crippen LogP contribution in [0.3, 0.4) is 0 Å². The van der Waals surface area contributed by atoms with Gasteiger partial charge in [-0.05, 0) is 45.1 Å². The van der Waals surface area contributed by atoms with Crippen LogP contribution in [-0.2, 0) is 4.74 Å². The van der Waals surface area contributed by atoms with E-state index in [4.69, 9.17) is 4.74 Å². The summed E-state index contributed by atoms with van der Waals surface area (Å²) in [4.78, 5) is 2.69. The zero-order chi connectivity index (χ0) is 10.5. The third kappa shape index (κ3) is 1.45. The van der Waals surface area contributed by atoms with Crippen molar-refractivity contribution < 1.29 is 4.74 Å². The van der Waals surface area contributed by atoms with E-state index in [1.54, 1.807) is 0 Å².